The molecule has 1 saturated carbocycles. The predicted molar refractivity (Wildman–Crippen MR) is 60.8 cm³/mol. The fourth-order valence-electron chi connectivity index (χ4n) is 1.76. The second-order valence-electron chi connectivity index (χ2n) is 3.76. The molecule has 0 amide bonds. The van der Waals surface area contributed by atoms with Crippen molar-refractivity contribution < 1.29 is 4.92 Å². The topological polar surface area (TPSA) is 55.2 Å². The minimum Gasteiger partial charge on any atom is -0.310 e. The van der Waals surface area contributed by atoms with Crippen LogP contribution in [0.3, 0.4) is 0 Å². The molecule has 80 valence electrons. The first-order chi connectivity index (χ1) is 7.09. The van der Waals surface area contributed by atoms with E-state index in [1.807, 2.05) is 13.1 Å². The van der Waals surface area contributed by atoms with E-state index in [0.717, 1.165) is 18.4 Å². The molecule has 1 aliphatic carbocycles. The van der Waals surface area contributed by atoms with Crippen molar-refractivity contribution in [2.24, 2.45) is 0 Å². The van der Waals surface area contributed by atoms with E-state index in [-0.39, 0.29) is 16.1 Å². The molecule has 1 aromatic carbocycles. The maximum Gasteiger partial charge on any atom is 0.283 e. The minimum atomic E-state index is -0.362. The second kappa shape index (κ2) is 3.57. The van der Waals surface area contributed by atoms with Gasteiger partial charge in [0.25, 0.3) is 5.69 Å². The molecule has 1 fully saturated rings. The van der Waals surface area contributed by atoms with Crippen LogP contribution in [-0.4, -0.2) is 12.0 Å². The number of nitro groups is 1. The summed E-state index contributed by atoms with van der Waals surface area (Å²) in [6.07, 6.45) is 2.09. The Hall–Kier alpha value is -0.940. The summed E-state index contributed by atoms with van der Waals surface area (Å²) in [5.41, 5.74) is 1.11. The summed E-state index contributed by atoms with van der Waals surface area (Å²) in [5.74, 6) is 0. The van der Waals surface area contributed by atoms with Crippen molar-refractivity contribution in [1.82, 2.24) is 5.32 Å². The van der Waals surface area contributed by atoms with E-state index in [4.69, 9.17) is 0 Å². The van der Waals surface area contributed by atoms with Crippen molar-refractivity contribution in [1.29, 1.82) is 0 Å². The van der Waals surface area contributed by atoms with Gasteiger partial charge in [0.15, 0.2) is 0 Å². The van der Waals surface area contributed by atoms with E-state index in [9.17, 15) is 10.1 Å². The fraction of sp³-hybridized carbons (Fsp3) is 0.400. The van der Waals surface area contributed by atoms with Gasteiger partial charge >= 0.3 is 0 Å². The Morgan fingerprint density at radius 1 is 1.53 bits per heavy atom. The van der Waals surface area contributed by atoms with Crippen molar-refractivity contribution in [3.63, 3.8) is 0 Å². The largest absolute Gasteiger partial charge is 0.310 e. The number of hydrogen-bond donors (Lipinski definition) is 1. The van der Waals surface area contributed by atoms with Gasteiger partial charge in [0, 0.05) is 11.6 Å². The number of halogens is 1. The molecule has 0 unspecified atom stereocenters. The summed E-state index contributed by atoms with van der Waals surface area (Å²) in [4.78, 5) is 10.4. The summed E-state index contributed by atoms with van der Waals surface area (Å²) in [6, 6.07) is 5.32. The third-order valence-electron chi connectivity index (χ3n) is 2.92. The Bertz CT molecular complexity index is 416. The molecular weight excluding hydrogens is 260 g/mol. The zero-order valence-electron chi connectivity index (χ0n) is 8.29. The van der Waals surface area contributed by atoms with Crippen molar-refractivity contribution >= 4 is 21.6 Å². The molecule has 0 spiro atoms. The third kappa shape index (κ3) is 1.77. The van der Waals surface area contributed by atoms with Crippen LogP contribution in [0.4, 0.5) is 5.69 Å². The van der Waals surface area contributed by atoms with Crippen LogP contribution in [0.1, 0.15) is 18.4 Å². The average Bonchev–Trinajstić information content (AvgIpc) is 2.99. The fourth-order valence-corrected chi connectivity index (χ4v) is 2.15. The van der Waals surface area contributed by atoms with Crippen molar-refractivity contribution in [3.8, 4) is 0 Å². The zero-order chi connectivity index (χ0) is 11.1. The molecule has 1 N–H and O–H groups in total. The van der Waals surface area contributed by atoms with Gasteiger partial charge in [0.1, 0.15) is 0 Å². The lowest BCUT2D eigenvalue weighted by molar-refractivity contribution is -0.385. The van der Waals surface area contributed by atoms with Crippen molar-refractivity contribution in [3.05, 3.63) is 38.3 Å². The molecule has 15 heavy (non-hydrogen) atoms. The van der Waals surface area contributed by atoms with Gasteiger partial charge in [0.05, 0.1) is 9.40 Å². The summed E-state index contributed by atoms with van der Waals surface area (Å²) in [7, 11) is 1.89. The van der Waals surface area contributed by atoms with E-state index in [1.54, 1.807) is 12.1 Å². The highest BCUT2D eigenvalue weighted by atomic mass is 79.9. The number of nitrogens with zero attached hydrogens (tertiary/aromatic N) is 1. The molecular formula is C10H11BrN2O2. The Kier molecular flexibility index (Phi) is 2.52. The van der Waals surface area contributed by atoms with Crippen LogP contribution in [0.15, 0.2) is 22.7 Å². The molecule has 0 aliphatic heterocycles. The van der Waals surface area contributed by atoms with Gasteiger partial charge in [-0.15, -0.1) is 0 Å². The third-order valence-corrected chi connectivity index (χ3v) is 3.59. The molecule has 0 atom stereocenters. The minimum absolute atomic E-state index is 0.0224. The van der Waals surface area contributed by atoms with Crippen molar-refractivity contribution in [2.45, 2.75) is 18.4 Å². The Morgan fingerprint density at radius 2 is 2.20 bits per heavy atom. The summed E-state index contributed by atoms with van der Waals surface area (Å²) in [5, 5.41) is 14.0. The van der Waals surface area contributed by atoms with Crippen LogP contribution in [0.25, 0.3) is 0 Å². The molecule has 0 heterocycles. The quantitative estimate of drug-likeness (QED) is 0.679. The number of benzene rings is 1. The van der Waals surface area contributed by atoms with Gasteiger partial charge < -0.3 is 5.32 Å². The van der Waals surface area contributed by atoms with Crippen LogP contribution in [0.5, 0.6) is 0 Å². The lowest BCUT2D eigenvalue weighted by atomic mass is 10.0. The Labute approximate surface area is 96.0 Å². The second-order valence-corrected chi connectivity index (χ2v) is 4.61. The first-order valence-corrected chi connectivity index (χ1v) is 5.52. The van der Waals surface area contributed by atoms with Crippen LogP contribution < -0.4 is 5.32 Å². The maximum absolute atomic E-state index is 10.8. The van der Waals surface area contributed by atoms with Gasteiger partial charge in [-0.2, -0.15) is 0 Å². The highest BCUT2D eigenvalue weighted by Gasteiger charge is 2.43. The maximum atomic E-state index is 10.8. The molecule has 5 heteroatoms. The van der Waals surface area contributed by atoms with E-state index < -0.39 is 0 Å². The Balaban J connectivity index is 2.43. The summed E-state index contributed by atoms with van der Waals surface area (Å²) < 4.78 is 0.531. The monoisotopic (exact) mass is 270 g/mol. The smallest absolute Gasteiger partial charge is 0.283 e. The molecule has 0 aromatic heterocycles. The first kappa shape index (κ1) is 10.6. The molecule has 1 aliphatic rings. The molecule has 1 aromatic rings. The van der Waals surface area contributed by atoms with Gasteiger partial charge in [0.2, 0.25) is 0 Å². The molecule has 0 bridgehead atoms. The molecule has 0 saturated heterocycles. The van der Waals surface area contributed by atoms with E-state index in [2.05, 4.69) is 21.2 Å². The van der Waals surface area contributed by atoms with Crippen LogP contribution in [0, 0.1) is 10.1 Å². The van der Waals surface area contributed by atoms with E-state index in [0.29, 0.717) is 4.47 Å². The number of rotatable bonds is 3. The van der Waals surface area contributed by atoms with Crippen LogP contribution >= 0.6 is 15.9 Å². The SMILES string of the molecule is CNC1(c2ccc(Br)c([N+](=O)[O-])c2)CC1. The van der Waals surface area contributed by atoms with Crippen LogP contribution in [-0.2, 0) is 5.54 Å². The predicted octanol–water partition coefficient (Wildman–Crippen LogP) is 2.57. The van der Waals surface area contributed by atoms with Gasteiger partial charge in [-0.1, -0.05) is 6.07 Å². The number of hydrogen-bond acceptors (Lipinski definition) is 3. The average molecular weight is 271 g/mol. The normalized spacial score (nSPS) is 17.5. The summed E-state index contributed by atoms with van der Waals surface area (Å²) >= 11 is 3.18. The van der Waals surface area contributed by atoms with E-state index in [1.165, 1.54) is 0 Å². The number of nitrogens with one attached hydrogen (secondary N) is 1. The molecule has 2 rings (SSSR count). The summed E-state index contributed by atoms with van der Waals surface area (Å²) in [6.45, 7) is 0. The van der Waals surface area contributed by atoms with Gasteiger partial charge in [-0.3, -0.25) is 10.1 Å². The Morgan fingerprint density at radius 3 is 2.67 bits per heavy atom. The highest BCUT2D eigenvalue weighted by molar-refractivity contribution is 9.10. The lowest BCUT2D eigenvalue weighted by Crippen LogP contribution is -2.24. The lowest BCUT2D eigenvalue weighted by Gasteiger charge is -2.14. The molecule has 0 radical (unpaired) electrons. The van der Waals surface area contributed by atoms with Crippen molar-refractivity contribution in [2.75, 3.05) is 7.05 Å². The standard InChI is InChI=1S/C10H11BrN2O2/c1-12-10(4-5-10)7-2-3-8(11)9(6-7)13(14)15/h2-3,6,12H,4-5H2,1H3. The highest BCUT2D eigenvalue weighted by Crippen LogP contribution is 2.46. The molecule has 4 nitrogen and oxygen atoms in total. The van der Waals surface area contributed by atoms with Gasteiger partial charge in [-0.05, 0) is 47.4 Å². The zero-order valence-corrected chi connectivity index (χ0v) is 9.87. The number of nitro benzene ring substituents is 1. The first-order valence-electron chi connectivity index (χ1n) is 4.72. The van der Waals surface area contributed by atoms with Crippen LogP contribution in [0.2, 0.25) is 0 Å². The van der Waals surface area contributed by atoms with Gasteiger partial charge in [-0.25, -0.2) is 0 Å². The van der Waals surface area contributed by atoms with E-state index >= 15 is 0 Å².